The number of hydrogen-bond acceptors (Lipinski definition) is 3. The Balaban J connectivity index is 3.12. The molecule has 3 N–H and O–H groups in total. The first-order valence-corrected chi connectivity index (χ1v) is 6.15. The molecule has 0 saturated carbocycles. The fraction of sp³-hybridized carbons (Fsp3) is 0.385. The number of benzene rings is 1. The van der Waals surface area contributed by atoms with Crippen molar-refractivity contribution in [2.45, 2.75) is 13.3 Å². The minimum Gasteiger partial charge on any atom is -0.396 e. The first kappa shape index (κ1) is 15.9. The third-order valence-electron chi connectivity index (χ3n) is 2.73. The number of carbonyl (C=O) groups is 2. The summed E-state index contributed by atoms with van der Waals surface area (Å²) in [5.74, 6) is -3.41. The summed E-state index contributed by atoms with van der Waals surface area (Å²) < 4.78 is 27.5. The monoisotopic (exact) mass is 285 g/mol. The lowest BCUT2D eigenvalue weighted by Gasteiger charge is -2.22. The molecule has 1 aromatic rings. The summed E-state index contributed by atoms with van der Waals surface area (Å²) in [5, 5.41) is 2.36. The van der Waals surface area contributed by atoms with E-state index in [0.717, 1.165) is 17.0 Å². The van der Waals surface area contributed by atoms with Crippen LogP contribution in [-0.4, -0.2) is 36.9 Å². The molecule has 7 heteroatoms. The Morgan fingerprint density at radius 2 is 2.00 bits per heavy atom. The van der Waals surface area contributed by atoms with Crippen molar-refractivity contribution in [2.24, 2.45) is 0 Å². The Kier molecular flexibility index (Phi) is 5.42. The summed E-state index contributed by atoms with van der Waals surface area (Å²) in [6, 6.07) is 1.97. The molecule has 0 heterocycles. The van der Waals surface area contributed by atoms with Gasteiger partial charge in [0.05, 0.1) is 12.2 Å². The van der Waals surface area contributed by atoms with Crippen molar-refractivity contribution in [1.82, 2.24) is 10.2 Å². The quantitative estimate of drug-likeness (QED) is 0.797. The highest BCUT2D eigenvalue weighted by Crippen LogP contribution is 2.20. The average Bonchev–Trinajstić information content (AvgIpc) is 2.42. The van der Waals surface area contributed by atoms with Gasteiger partial charge in [0.15, 0.2) is 5.82 Å². The number of hydrogen-bond donors (Lipinski definition) is 2. The molecule has 110 valence electrons. The summed E-state index contributed by atoms with van der Waals surface area (Å²) in [5.41, 5.74) is 4.29. The third kappa shape index (κ3) is 3.43. The number of anilines is 1. The normalized spacial score (nSPS) is 10.2. The Morgan fingerprint density at radius 1 is 1.35 bits per heavy atom. The molecular formula is C13H17F2N3O2. The first-order valence-electron chi connectivity index (χ1n) is 6.15. The molecule has 5 nitrogen and oxygen atoms in total. The Hall–Kier alpha value is -2.18. The first-order chi connectivity index (χ1) is 9.42. The van der Waals surface area contributed by atoms with Crippen LogP contribution in [0.15, 0.2) is 12.1 Å². The molecule has 0 fully saturated rings. The Bertz CT molecular complexity index is 521. The average molecular weight is 285 g/mol. The maximum absolute atomic E-state index is 13.8. The summed E-state index contributed by atoms with van der Waals surface area (Å²) in [4.78, 5) is 24.6. The summed E-state index contributed by atoms with van der Waals surface area (Å²) in [7, 11) is 1.42. The second-order valence-electron chi connectivity index (χ2n) is 4.23. The van der Waals surface area contributed by atoms with Crippen LogP contribution in [0.5, 0.6) is 0 Å². The Labute approximate surface area is 115 Å². The number of likely N-dealkylation sites (N-methyl/N-ethyl adjacent to an activating group) is 1. The molecule has 0 unspecified atom stereocenters. The van der Waals surface area contributed by atoms with Crippen molar-refractivity contribution in [3.63, 3.8) is 0 Å². The maximum atomic E-state index is 13.8. The van der Waals surface area contributed by atoms with Crippen LogP contribution < -0.4 is 11.1 Å². The fourth-order valence-electron chi connectivity index (χ4n) is 1.70. The number of amides is 2. The highest BCUT2D eigenvalue weighted by molar-refractivity contribution is 5.97. The molecule has 0 atom stereocenters. The van der Waals surface area contributed by atoms with Gasteiger partial charge in [-0.1, -0.05) is 6.92 Å². The molecule has 1 aromatic carbocycles. The van der Waals surface area contributed by atoms with Gasteiger partial charge in [0.2, 0.25) is 5.91 Å². The van der Waals surface area contributed by atoms with Gasteiger partial charge < -0.3 is 16.0 Å². The van der Waals surface area contributed by atoms with Gasteiger partial charge in [-0.15, -0.1) is 0 Å². The van der Waals surface area contributed by atoms with Gasteiger partial charge in [0.1, 0.15) is 11.4 Å². The molecule has 0 aliphatic carbocycles. The molecule has 0 aliphatic heterocycles. The van der Waals surface area contributed by atoms with E-state index in [1.165, 1.54) is 7.05 Å². The van der Waals surface area contributed by atoms with E-state index < -0.39 is 29.0 Å². The lowest BCUT2D eigenvalue weighted by atomic mass is 10.1. The lowest BCUT2D eigenvalue weighted by molar-refractivity contribution is -0.121. The van der Waals surface area contributed by atoms with Crippen LogP contribution in [0.3, 0.4) is 0 Å². The van der Waals surface area contributed by atoms with E-state index in [1.54, 1.807) is 6.92 Å². The van der Waals surface area contributed by atoms with Crippen LogP contribution in [0, 0.1) is 11.6 Å². The van der Waals surface area contributed by atoms with E-state index in [-0.39, 0.29) is 18.8 Å². The van der Waals surface area contributed by atoms with Gasteiger partial charge in [-0.2, -0.15) is 0 Å². The van der Waals surface area contributed by atoms with Gasteiger partial charge in [-0.25, -0.2) is 8.78 Å². The number of nitrogen functional groups attached to an aromatic ring is 1. The van der Waals surface area contributed by atoms with Crippen LogP contribution >= 0.6 is 0 Å². The largest absolute Gasteiger partial charge is 0.396 e. The number of nitrogens with zero attached hydrogens (tertiary/aromatic N) is 1. The molecule has 1 rings (SSSR count). The molecule has 0 spiro atoms. The topological polar surface area (TPSA) is 75.4 Å². The summed E-state index contributed by atoms with van der Waals surface area (Å²) in [6.45, 7) is 1.73. The maximum Gasteiger partial charge on any atom is 0.260 e. The zero-order valence-corrected chi connectivity index (χ0v) is 11.4. The van der Waals surface area contributed by atoms with E-state index in [4.69, 9.17) is 5.73 Å². The summed E-state index contributed by atoms with van der Waals surface area (Å²) in [6.07, 6.45) is 0.550. The zero-order valence-electron chi connectivity index (χ0n) is 11.4. The van der Waals surface area contributed by atoms with Gasteiger partial charge in [-0.3, -0.25) is 9.59 Å². The molecule has 0 aromatic heterocycles. The van der Waals surface area contributed by atoms with E-state index in [1.807, 2.05) is 0 Å². The lowest BCUT2D eigenvalue weighted by Crippen LogP contribution is -2.40. The molecule has 0 radical (unpaired) electrons. The van der Waals surface area contributed by atoms with Gasteiger partial charge in [0, 0.05) is 13.6 Å². The highest BCUT2D eigenvalue weighted by atomic mass is 19.1. The van der Waals surface area contributed by atoms with E-state index in [2.05, 4.69) is 5.32 Å². The number of halogens is 2. The van der Waals surface area contributed by atoms with Crippen LogP contribution in [0.2, 0.25) is 0 Å². The minimum atomic E-state index is -1.10. The molecule has 0 saturated heterocycles. The standard InChI is InChI=1S/C13H17F2N3O2/c1-3-6-18(7-10(19)17-2)13(20)11-8(14)4-5-9(16)12(11)15/h4-5H,3,6-7,16H2,1-2H3,(H,17,19). The molecule has 0 aliphatic rings. The van der Waals surface area contributed by atoms with Crippen LogP contribution in [0.1, 0.15) is 23.7 Å². The van der Waals surface area contributed by atoms with Crippen molar-refractivity contribution in [3.05, 3.63) is 29.3 Å². The number of nitrogens with two attached hydrogens (primary N) is 1. The zero-order chi connectivity index (χ0) is 15.3. The van der Waals surface area contributed by atoms with E-state index in [0.29, 0.717) is 6.42 Å². The molecule has 20 heavy (non-hydrogen) atoms. The number of nitrogens with one attached hydrogen (secondary N) is 1. The summed E-state index contributed by atoms with van der Waals surface area (Å²) >= 11 is 0. The Morgan fingerprint density at radius 3 is 2.55 bits per heavy atom. The number of carbonyl (C=O) groups excluding carboxylic acids is 2. The predicted molar refractivity (Wildman–Crippen MR) is 71.0 cm³/mol. The highest BCUT2D eigenvalue weighted by Gasteiger charge is 2.25. The molecular weight excluding hydrogens is 268 g/mol. The second-order valence-corrected chi connectivity index (χ2v) is 4.23. The van der Waals surface area contributed by atoms with E-state index >= 15 is 0 Å². The van der Waals surface area contributed by atoms with Crippen molar-refractivity contribution < 1.29 is 18.4 Å². The second kappa shape index (κ2) is 6.83. The van der Waals surface area contributed by atoms with Crippen molar-refractivity contribution in [1.29, 1.82) is 0 Å². The van der Waals surface area contributed by atoms with Crippen LogP contribution in [0.25, 0.3) is 0 Å². The van der Waals surface area contributed by atoms with Gasteiger partial charge in [0.25, 0.3) is 5.91 Å². The molecule has 2 amide bonds. The van der Waals surface area contributed by atoms with Crippen LogP contribution in [-0.2, 0) is 4.79 Å². The van der Waals surface area contributed by atoms with Crippen molar-refractivity contribution in [2.75, 3.05) is 25.9 Å². The predicted octanol–water partition coefficient (Wildman–Crippen LogP) is 1.15. The van der Waals surface area contributed by atoms with Crippen LogP contribution in [0.4, 0.5) is 14.5 Å². The van der Waals surface area contributed by atoms with E-state index in [9.17, 15) is 18.4 Å². The minimum absolute atomic E-state index is 0.208. The SMILES string of the molecule is CCCN(CC(=O)NC)C(=O)c1c(F)ccc(N)c1F. The van der Waals surface area contributed by atoms with Gasteiger partial charge in [-0.05, 0) is 18.6 Å². The van der Waals surface area contributed by atoms with Crippen molar-refractivity contribution >= 4 is 17.5 Å². The molecule has 0 bridgehead atoms. The third-order valence-corrected chi connectivity index (χ3v) is 2.73. The number of rotatable bonds is 5. The van der Waals surface area contributed by atoms with Crippen molar-refractivity contribution in [3.8, 4) is 0 Å². The van der Waals surface area contributed by atoms with Gasteiger partial charge >= 0.3 is 0 Å². The fourth-order valence-corrected chi connectivity index (χ4v) is 1.70. The smallest absolute Gasteiger partial charge is 0.260 e.